The van der Waals surface area contributed by atoms with E-state index in [1.54, 1.807) is 26.4 Å². The maximum atomic E-state index is 9.88. The first kappa shape index (κ1) is 9.93. The van der Waals surface area contributed by atoms with Crippen molar-refractivity contribution in [1.29, 1.82) is 0 Å². The van der Waals surface area contributed by atoms with Crippen LogP contribution in [0.2, 0.25) is 0 Å². The van der Waals surface area contributed by atoms with Crippen LogP contribution in [0.4, 0.5) is 0 Å². The van der Waals surface area contributed by atoms with E-state index in [1.807, 2.05) is 28.8 Å². The minimum atomic E-state index is -0.819. The molecule has 77 valence electrons. The summed E-state index contributed by atoms with van der Waals surface area (Å²) in [7, 11) is 0. The van der Waals surface area contributed by atoms with Gasteiger partial charge in [-0.3, -0.25) is 0 Å². The molecule has 0 spiro atoms. The quantitative estimate of drug-likeness (QED) is 0.805. The average Bonchev–Trinajstić information content (AvgIpc) is 2.69. The van der Waals surface area contributed by atoms with E-state index >= 15 is 0 Å². The highest BCUT2D eigenvalue weighted by molar-refractivity contribution is 5.37. The van der Waals surface area contributed by atoms with Crippen LogP contribution < -0.4 is 0 Å². The number of hydrogen-bond donors (Lipinski definition) is 1. The molecule has 3 nitrogen and oxygen atoms in total. The van der Waals surface area contributed by atoms with Crippen LogP contribution in [0.25, 0.3) is 5.69 Å². The highest BCUT2D eigenvalue weighted by atomic mass is 16.3. The van der Waals surface area contributed by atoms with Crippen LogP contribution in [0.1, 0.15) is 19.4 Å². The number of imidazole rings is 1. The Morgan fingerprint density at radius 3 is 2.80 bits per heavy atom. The fourth-order valence-electron chi connectivity index (χ4n) is 1.41. The van der Waals surface area contributed by atoms with E-state index in [2.05, 4.69) is 11.2 Å². The molecule has 0 saturated carbocycles. The summed E-state index contributed by atoms with van der Waals surface area (Å²) in [5.74, 6) is 0. The number of benzene rings is 1. The third-order valence-electron chi connectivity index (χ3n) is 2.30. The van der Waals surface area contributed by atoms with E-state index in [1.165, 1.54) is 0 Å². The van der Waals surface area contributed by atoms with E-state index in [4.69, 9.17) is 0 Å². The molecule has 1 heterocycles. The molecule has 0 bridgehead atoms. The lowest BCUT2D eigenvalue weighted by Crippen LogP contribution is -2.15. The highest BCUT2D eigenvalue weighted by Gasteiger charge is 2.15. The van der Waals surface area contributed by atoms with Crippen molar-refractivity contribution in [1.82, 2.24) is 9.55 Å². The van der Waals surface area contributed by atoms with Crippen molar-refractivity contribution in [2.24, 2.45) is 0 Å². The Kier molecular flexibility index (Phi) is 2.32. The van der Waals surface area contributed by atoms with Crippen LogP contribution >= 0.6 is 0 Å². The SMILES string of the molecule is CC(C)(O)c1cccc(-n2c[c]nc2)c1. The Morgan fingerprint density at radius 1 is 1.40 bits per heavy atom. The molecule has 0 saturated heterocycles. The molecule has 2 rings (SSSR count). The summed E-state index contributed by atoms with van der Waals surface area (Å²) >= 11 is 0. The lowest BCUT2D eigenvalue weighted by Gasteiger charge is -2.18. The molecule has 0 amide bonds. The van der Waals surface area contributed by atoms with E-state index in [9.17, 15) is 5.11 Å². The highest BCUT2D eigenvalue weighted by Crippen LogP contribution is 2.21. The molecule has 3 heteroatoms. The summed E-state index contributed by atoms with van der Waals surface area (Å²) in [6, 6.07) is 7.73. The van der Waals surface area contributed by atoms with Gasteiger partial charge in [0.25, 0.3) is 0 Å². The van der Waals surface area contributed by atoms with Gasteiger partial charge in [-0.2, -0.15) is 0 Å². The molecule has 0 fully saturated rings. The van der Waals surface area contributed by atoms with Crippen molar-refractivity contribution in [3.8, 4) is 5.69 Å². The van der Waals surface area contributed by atoms with Crippen molar-refractivity contribution >= 4 is 0 Å². The number of aliphatic hydroxyl groups is 1. The van der Waals surface area contributed by atoms with E-state index in [-0.39, 0.29) is 0 Å². The third kappa shape index (κ3) is 2.07. The van der Waals surface area contributed by atoms with Crippen LogP contribution in [-0.4, -0.2) is 14.7 Å². The standard InChI is InChI=1S/C12H13N2O/c1-12(2,15)10-4-3-5-11(8-10)14-7-6-13-9-14/h3-5,7-9,15H,1-2H3. The fourth-order valence-corrected chi connectivity index (χ4v) is 1.41. The minimum Gasteiger partial charge on any atom is -0.386 e. The van der Waals surface area contributed by atoms with Crippen molar-refractivity contribution in [2.75, 3.05) is 0 Å². The van der Waals surface area contributed by atoms with Crippen LogP contribution in [0, 0.1) is 6.20 Å². The van der Waals surface area contributed by atoms with Gasteiger partial charge < -0.3 is 9.67 Å². The lowest BCUT2D eigenvalue weighted by molar-refractivity contribution is 0.0786. The van der Waals surface area contributed by atoms with Gasteiger partial charge in [-0.1, -0.05) is 12.1 Å². The zero-order valence-electron chi connectivity index (χ0n) is 8.81. The Labute approximate surface area is 89.0 Å². The van der Waals surface area contributed by atoms with Crippen molar-refractivity contribution in [3.63, 3.8) is 0 Å². The number of nitrogens with zero attached hydrogens (tertiary/aromatic N) is 2. The first-order valence-electron chi connectivity index (χ1n) is 4.81. The maximum absolute atomic E-state index is 9.88. The third-order valence-corrected chi connectivity index (χ3v) is 2.30. The summed E-state index contributed by atoms with van der Waals surface area (Å²) in [5.41, 5.74) is 1.04. The molecule has 0 atom stereocenters. The van der Waals surface area contributed by atoms with Gasteiger partial charge in [-0.25, -0.2) is 4.98 Å². The average molecular weight is 201 g/mol. The summed E-state index contributed by atoms with van der Waals surface area (Å²) in [4.78, 5) is 3.87. The molecule has 2 aromatic rings. The molecule has 0 aliphatic rings. The molecule has 1 radical (unpaired) electrons. The number of hydrogen-bond acceptors (Lipinski definition) is 2. The second kappa shape index (κ2) is 3.51. The van der Waals surface area contributed by atoms with Gasteiger partial charge >= 0.3 is 0 Å². The topological polar surface area (TPSA) is 38.0 Å². The largest absolute Gasteiger partial charge is 0.386 e. The number of rotatable bonds is 2. The van der Waals surface area contributed by atoms with Crippen molar-refractivity contribution < 1.29 is 5.11 Å². The zero-order valence-corrected chi connectivity index (χ0v) is 8.81. The summed E-state index contributed by atoms with van der Waals surface area (Å²) in [5, 5.41) is 9.88. The van der Waals surface area contributed by atoms with Gasteiger partial charge in [0, 0.05) is 11.9 Å². The molecule has 0 unspecified atom stereocenters. The van der Waals surface area contributed by atoms with E-state index in [0.717, 1.165) is 11.3 Å². The Hall–Kier alpha value is -1.61. The molecular formula is C12H13N2O. The van der Waals surface area contributed by atoms with Crippen LogP contribution in [-0.2, 0) is 5.60 Å². The first-order chi connectivity index (χ1) is 7.07. The van der Waals surface area contributed by atoms with Gasteiger partial charge in [0.1, 0.15) is 6.20 Å². The second-order valence-corrected chi connectivity index (χ2v) is 4.02. The monoisotopic (exact) mass is 201 g/mol. The molecule has 0 aliphatic carbocycles. The molecule has 1 N–H and O–H groups in total. The Bertz CT molecular complexity index is 441. The van der Waals surface area contributed by atoms with Gasteiger partial charge in [-0.05, 0) is 31.5 Å². The molecule has 1 aromatic heterocycles. The van der Waals surface area contributed by atoms with Gasteiger partial charge in [-0.15, -0.1) is 0 Å². The van der Waals surface area contributed by atoms with E-state index in [0.29, 0.717) is 0 Å². The van der Waals surface area contributed by atoms with E-state index < -0.39 is 5.60 Å². The smallest absolute Gasteiger partial charge is 0.109 e. The van der Waals surface area contributed by atoms with Crippen LogP contribution in [0.15, 0.2) is 36.8 Å². The summed E-state index contributed by atoms with van der Waals surface area (Å²) in [6.07, 6.45) is 6.17. The maximum Gasteiger partial charge on any atom is 0.109 e. The van der Waals surface area contributed by atoms with Crippen LogP contribution in [0.5, 0.6) is 0 Å². The molecule has 1 aromatic carbocycles. The Balaban J connectivity index is 2.44. The molecule has 15 heavy (non-hydrogen) atoms. The normalized spacial score (nSPS) is 11.7. The Morgan fingerprint density at radius 2 is 2.20 bits per heavy atom. The molecule has 0 aliphatic heterocycles. The number of aromatic nitrogens is 2. The van der Waals surface area contributed by atoms with Crippen molar-refractivity contribution in [2.45, 2.75) is 19.4 Å². The van der Waals surface area contributed by atoms with Gasteiger partial charge in [0.05, 0.1) is 11.9 Å². The first-order valence-corrected chi connectivity index (χ1v) is 4.81. The predicted molar refractivity (Wildman–Crippen MR) is 57.6 cm³/mol. The fraction of sp³-hybridized carbons (Fsp3) is 0.250. The summed E-state index contributed by atoms with van der Waals surface area (Å²) in [6.45, 7) is 3.54. The van der Waals surface area contributed by atoms with Crippen LogP contribution in [0.3, 0.4) is 0 Å². The van der Waals surface area contributed by atoms with Gasteiger partial charge in [0.2, 0.25) is 0 Å². The lowest BCUT2D eigenvalue weighted by atomic mass is 9.98. The zero-order chi connectivity index (χ0) is 10.9. The predicted octanol–water partition coefficient (Wildman–Crippen LogP) is 1.90. The second-order valence-electron chi connectivity index (χ2n) is 4.02. The minimum absolute atomic E-state index is 0.819. The van der Waals surface area contributed by atoms with Crippen molar-refractivity contribution in [3.05, 3.63) is 48.5 Å². The van der Waals surface area contributed by atoms with Gasteiger partial charge in [0.15, 0.2) is 0 Å². The molecular weight excluding hydrogens is 188 g/mol. The summed E-state index contributed by atoms with van der Waals surface area (Å²) < 4.78 is 1.86.